The number of hydrogen-bond acceptors (Lipinski definition) is 2. The molecule has 2 N–H and O–H groups in total. The molecule has 0 amide bonds. The van der Waals surface area contributed by atoms with Crippen LogP contribution in [-0.2, 0) is 10.8 Å². The highest BCUT2D eigenvalue weighted by atomic mass is 16.3. The van der Waals surface area contributed by atoms with Crippen molar-refractivity contribution in [1.29, 1.82) is 0 Å². The molecule has 0 saturated carbocycles. The molecule has 3 aromatic carbocycles. The molecular weight excluding hydrogens is 380 g/mol. The number of hydrogen-bond donors (Lipinski definition) is 2. The Labute approximate surface area is 187 Å². The van der Waals surface area contributed by atoms with Gasteiger partial charge in [-0.05, 0) is 75.8 Å². The van der Waals surface area contributed by atoms with Crippen LogP contribution in [0.2, 0.25) is 0 Å². The number of aryl methyl sites for hydroxylation is 2. The van der Waals surface area contributed by atoms with E-state index in [2.05, 4.69) is 77.9 Å². The van der Waals surface area contributed by atoms with Gasteiger partial charge >= 0.3 is 0 Å². The van der Waals surface area contributed by atoms with Gasteiger partial charge in [0, 0.05) is 5.92 Å². The number of benzene rings is 3. The summed E-state index contributed by atoms with van der Waals surface area (Å²) in [7, 11) is 0. The summed E-state index contributed by atoms with van der Waals surface area (Å²) in [4.78, 5) is 0. The summed E-state index contributed by atoms with van der Waals surface area (Å²) >= 11 is 0. The molecule has 0 aliphatic carbocycles. The van der Waals surface area contributed by atoms with Gasteiger partial charge in [-0.3, -0.25) is 0 Å². The van der Waals surface area contributed by atoms with Crippen molar-refractivity contribution in [3.8, 4) is 11.5 Å². The monoisotopic (exact) mass is 416 g/mol. The summed E-state index contributed by atoms with van der Waals surface area (Å²) in [5, 5.41) is 21.1. The lowest BCUT2D eigenvalue weighted by atomic mass is 9.71. The summed E-state index contributed by atoms with van der Waals surface area (Å²) < 4.78 is 0. The van der Waals surface area contributed by atoms with Crippen LogP contribution in [0, 0.1) is 13.8 Å². The van der Waals surface area contributed by atoms with Crippen molar-refractivity contribution in [2.24, 2.45) is 0 Å². The molecule has 0 aromatic heterocycles. The van der Waals surface area contributed by atoms with Gasteiger partial charge in [0.25, 0.3) is 0 Å². The number of phenols is 2. The maximum Gasteiger partial charge on any atom is 0.118 e. The lowest BCUT2D eigenvalue weighted by molar-refractivity contribution is 0.464. The second-order valence-corrected chi connectivity index (χ2v) is 10.8. The van der Waals surface area contributed by atoms with Crippen LogP contribution in [-0.4, -0.2) is 10.2 Å². The Morgan fingerprint density at radius 2 is 1.00 bits per heavy atom. The molecule has 3 rings (SSSR count). The molecule has 0 saturated heterocycles. The number of aromatic hydroxyl groups is 2. The molecule has 0 atom stereocenters. The first-order valence-corrected chi connectivity index (χ1v) is 11.0. The second kappa shape index (κ2) is 8.07. The fourth-order valence-corrected chi connectivity index (χ4v) is 4.39. The van der Waals surface area contributed by atoms with Crippen molar-refractivity contribution in [3.05, 3.63) is 93.5 Å². The minimum Gasteiger partial charge on any atom is -0.508 e. The largest absolute Gasteiger partial charge is 0.508 e. The van der Waals surface area contributed by atoms with Crippen LogP contribution in [0.4, 0.5) is 0 Å². The minimum absolute atomic E-state index is 0.0109. The topological polar surface area (TPSA) is 40.5 Å². The van der Waals surface area contributed by atoms with Gasteiger partial charge in [0.05, 0.1) is 0 Å². The van der Waals surface area contributed by atoms with Gasteiger partial charge in [-0.25, -0.2) is 0 Å². The van der Waals surface area contributed by atoms with Gasteiger partial charge < -0.3 is 10.2 Å². The highest BCUT2D eigenvalue weighted by molar-refractivity contribution is 5.57. The summed E-state index contributed by atoms with van der Waals surface area (Å²) in [6, 6.07) is 18.7. The van der Waals surface area contributed by atoms with E-state index in [1.165, 1.54) is 16.7 Å². The molecule has 2 nitrogen and oxygen atoms in total. The van der Waals surface area contributed by atoms with E-state index in [-0.39, 0.29) is 16.7 Å². The third kappa shape index (κ3) is 4.63. The maximum atomic E-state index is 10.5. The Hall–Kier alpha value is -2.74. The van der Waals surface area contributed by atoms with Gasteiger partial charge in [-0.1, -0.05) is 84.0 Å². The zero-order valence-corrected chi connectivity index (χ0v) is 20.2. The van der Waals surface area contributed by atoms with Crippen LogP contribution >= 0.6 is 0 Å². The Kier molecular flexibility index (Phi) is 5.97. The van der Waals surface area contributed by atoms with Crippen LogP contribution in [0.15, 0.2) is 54.6 Å². The Bertz CT molecular complexity index is 1010. The quantitative estimate of drug-likeness (QED) is 0.434. The van der Waals surface area contributed by atoms with Crippen molar-refractivity contribution in [2.75, 3.05) is 0 Å². The average Bonchev–Trinajstić information content (AvgIpc) is 2.66. The van der Waals surface area contributed by atoms with Gasteiger partial charge in [0.1, 0.15) is 11.5 Å². The zero-order valence-electron chi connectivity index (χ0n) is 20.2. The molecule has 0 aliphatic rings. The molecule has 164 valence electrons. The van der Waals surface area contributed by atoms with Crippen LogP contribution < -0.4 is 0 Å². The van der Waals surface area contributed by atoms with E-state index >= 15 is 0 Å². The summed E-state index contributed by atoms with van der Waals surface area (Å²) in [5.74, 6) is 0.653. The summed E-state index contributed by atoms with van der Waals surface area (Å²) in [5.41, 5.74) is 7.34. The summed E-state index contributed by atoms with van der Waals surface area (Å²) in [6.07, 6.45) is 0. The predicted octanol–water partition coefficient (Wildman–Crippen LogP) is 7.49. The first-order chi connectivity index (χ1) is 14.3. The van der Waals surface area contributed by atoms with E-state index in [1.54, 1.807) is 0 Å². The molecular formula is C29H36O2. The van der Waals surface area contributed by atoms with Crippen molar-refractivity contribution in [3.63, 3.8) is 0 Å². The number of phenolic OH excluding ortho intramolecular Hbond substituents is 2. The van der Waals surface area contributed by atoms with E-state index in [0.717, 1.165) is 22.3 Å². The van der Waals surface area contributed by atoms with Crippen LogP contribution in [0.25, 0.3) is 0 Å². The highest BCUT2D eigenvalue weighted by Gasteiger charge is 2.31. The molecule has 0 spiro atoms. The van der Waals surface area contributed by atoms with Crippen molar-refractivity contribution in [2.45, 2.75) is 72.1 Å². The summed E-state index contributed by atoms with van der Waals surface area (Å²) in [6.45, 7) is 17.1. The molecule has 0 unspecified atom stereocenters. The van der Waals surface area contributed by atoms with Crippen LogP contribution in [0.3, 0.4) is 0 Å². The van der Waals surface area contributed by atoms with Crippen LogP contribution in [0.1, 0.15) is 86.4 Å². The molecule has 0 radical (unpaired) electrons. The van der Waals surface area contributed by atoms with E-state index in [4.69, 9.17) is 0 Å². The zero-order chi connectivity index (χ0) is 23.1. The second-order valence-electron chi connectivity index (χ2n) is 10.8. The molecule has 0 fully saturated rings. The Morgan fingerprint density at radius 1 is 0.613 bits per heavy atom. The number of rotatable bonds is 3. The first kappa shape index (κ1) is 22.9. The minimum atomic E-state index is -0.137. The van der Waals surface area contributed by atoms with E-state index in [0.29, 0.717) is 11.5 Å². The van der Waals surface area contributed by atoms with Crippen molar-refractivity contribution in [1.82, 2.24) is 0 Å². The molecule has 31 heavy (non-hydrogen) atoms. The third-order valence-electron chi connectivity index (χ3n) is 6.11. The van der Waals surface area contributed by atoms with Gasteiger partial charge in [-0.15, -0.1) is 0 Å². The molecule has 0 bridgehead atoms. The third-order valence-corrected chi connectivity index (χ3v) is 6.11. The van der Waals surface area contributed by atoms with E-state index < -0.39 is 0 Å². The lowest BCUT2D eigenvalue weighted by Gasteiger charge is -2.33. The highest BCUT2D eigenvalue weighted by Crippen LogP contribution is 2.45. The standard InChI is InChI=1S/C29H36O2/c1-18-14-21(23(16-25(18)30)28(3,4)5)27(20-12-10-9-11-13-20)22-15-19(2)26(31)17-24(22)29(6,7)8/h9-17,27,30-31H,1-8H3. The van der Waals surface area contributed by atoms with Crippen LogP contribution in [0.5, 0.6) is 11.5 Å². The van der Waals surface area contributed by atoms with Gasteiger partial charge in [-0.2, -0.15) is 0 Å². The van der Waals surface area contributed by atoms with Crippen molar-refractivity contribution < 1.29 is 10.2 Å². The first-order valence-electron chi connectivity index (χ1n) is 11.0. The Balaban J connectivity index is 2.46. The van der Waals surface area contributed by atoms with E-state index in [9.17, 15) is 10.2 Å². The van der Waals surface area contributed by atoms with E-state index in [1.807, 2.05) is 32.0 Å². The Morgan fingerprint density at radius 3 is 1.35 bits per heavy atom. The van der Waals surface area contributed by atoms with Crippen molar-refractivity contribution >= 4 is 0 Å². The molecule has 3 aromatic rings. The average molecular weight is 417 g/mol. The molecule has 0 heterocycles. The van der Waals surface area contributed by atoms with Gasteiger partial charge in [0.2, 0.25) is 0 Å². The smallest absolute Gasteiger partial charge is 0.118 e. The molecule has 2 heteroatoms. The SMILES string of the molecule is Cc1cc(C(c2ccccc2)c2cc(C)c(O)cc2C(C)(C)C)c(C(C)(C)C)cc1O. The normalized spacial score (nSPS) is 12.4. The fourth-order valence-electron chi connectivity index (χ4n) is 4.39. The molecule has 0 aliphatic heterocycles. The predicted molar refractivity (Wildman–Crippen MR) is 130 cm³/mol. The fraction of sp³-hybridized carbons (Fsp3) is 0.379. The maximum absolute atomic E-state index is 10.5. The van der Waals surface area contributed by atoms with Gasteiger partial charge in [0.15, 0.2) is 0 Å². The lowest BCUT2D eigenvalue weighted by Crippen LogP contribution is -2.21.